The number of carbonyl (C=O) groups is 1. The van der Waals surface area contributed by atoms with Crippen LogP contribution in [0, 0.1) is 0 Å². The molecule has 0 heterocycles. The molecule has 0 aromatic rings. The van der Waals surface area contributed by atoms with Crippen LogP contribution in [0.3, 0.4) is 0 Å². The van der Waals surface area contributed by atoms with E-state index in [2.05, 4.69) is 10.0 Å². The largest absolute Gasteiger partial charge is 0.444 e. The third-order valence-electron chi connectivity index (χ3n) is 1.62. The summed E-state index contributed by atoms with van der Waals surface area (Å²) >= 11 is 0. The molecule has 0 rings (SSSR count). The van der Waals surface area contributed by atoms with Crippen molar-refractivity contribution >= 4 is 16.1 Å². The molecule has 0 fully saturated rings. The molecule has 1 amide bonds. The molecule has 0 aromatic heterocycles. The standard InChI is InChI=1S/C10H22N2O4S/c1-9(2,3)16-8(13)12-10(4,5)7-11-17(6,14)15/h11H,7H2,1-6H3,(H,12,13). The van der Waals surface area contributed by atoms with E-state index in [9.17, 15) is 13.2 Å². The lowest BCUT2D eigenvalue weighted by Crippen LogP contribution is -2.52. The molecule has 7 heteroatoms. The highest BCUT2D eigenvalue weighted by Crippen LogP contribution is 2.09. The second kappa shape index (κ2) is 5.22. The van der Waals surface area contributed by atoms with Crippen molar-refractivity contribution < 1.29 is 17.9 Å². The Hall–Kier alpha value is -0.820. The predicted molar refractivity (Wildman–Crippen MR) is 66.3 cm³/mol. The smallest absolute Gasteiger partial charge is 0.408 e. The SMILES string of the molecule is CC(C)(CNS(C)(=O)=O)NC(=O)OC(C)(C)C. The summed E-state index contributed by atoms with van der Waals surface area (Å²) in [6, 6.07) is 0. The van der Waals surface area contributed by atoms with Gasteiger partial charge < -0.3 is 10.1 Å². The number of alkyl carbamates (subject to hydrolysis) is 1. The predicted octanol–water partition coefficient (Wildman–Crippen LogP) is 0.839. The monoisotopic (exact) mass is 266 g/mol. The van der Waals surface area contributed by atoms with E-state index in [0.717, 1.165) is 6.26 Å². The summed E-state index contributed by atoms with van der Waals surface area (Å²) in [6.45, 7) is 8.78. The van der Waals surface area contributed by atoms with E-state index in [-0.39, 0.29) is 6.54 Å². The van der Waals surface area contributed by atoms with E-state index < -0.39 is 27.3 Å². The van der Waals surface area contributed by atoms with Gasteiger partial charge in [0.05, 0.1) is 11.8 Å². The molecule has 0 spiro atoms. The summed E-state index contributed by atoms with van der Waals surface area (Å²) in [5.74, 6) is 0. The van der Waals surface area contributed by atoms with Crippen molar-refractivity contribution in [1.82, 2.24) is 10.0 Å². The summed E-state index contributed by atoms with van der Waals surface area (Å²) in [5.41, 5.74) is -1.30. The zero-order chi connectivity index (χ0) is 13.9. The van der Waals surface area contributed by atoms with Crippen LogP contribution < -0.4 is 10.0 Å². The Labute approximate surface area is 103 Å². The number of nitrogens with one attached hydrogen (secondary N) is 2. The van der Waals surface area contributed by atoms with Gasteiger partial charge in [-0.1, -0.05) is 0 Å². The van der Waals surface area contributed by atoms with E-state index in [0.29, 0.717) is 0 Å². The van der Waals surface area contributed by atoms with Crippen LogP contribution in [0.2, 0.25) is 0 Å². The first-order valence-corrected chi connectivity index (χ1v) is 7.16. The van der Waals surface area contributed by atoms with Gasteiger partial charge in [0.2, 0.25) is 10.0 Å². The lowest BCUT2D eigenvalue weighted by Gasteiger charge is -2.28. The average Bonchev–Trinajstić information content (AvgIpc) is 1.94. The van der Waals surface area contributed by atoms with Crippen molar-refractivity contribution in [3.63, 3.8) is 0 Å². The third-order valence-corrected chi connectivity index (χ3v) is 2.28. The van der Waals surface area contributed by atoms with E-state index in [1.54, 1.807) is 34.6 Å². The third kappa shape index (κ3) is 10.1. The highest BCUT2D eigenvalue weighted by molar-refractivity contribution is 7.88. The highest BCUT2D eigenvalue weighted by atomic mass is 32.2. The van der Waals surface area contributed by atoms with Gasteiger partial charge in [0, 0.05) is 6.54 Å². The van der Waals surface area contributed by atoms with Crippen molar-refractivity contribution in [2.24, 2.45) is 0 Å². The Bertz CT molecular complexity index is 368. The van der Waals surface area contributed by atoms with Gasteiger partial charge >= 0.3 is 6.09 Å². The molecule has 6 nitrogen and oxygen atoms in total. The first-order chi connectivity index (χ1) is 7.31. The van der Waals surface area contributed by atoms with Crippen molar-refractivity contribution in [1.29, 1.82) is 0 Å². The van der Waals surface area contributed by atoms with Crippen molar-refractivity contribution in [2.75, 3.05) is 12.8 Å². The molecule has 0 saturated carbocycles. The molecule has 0 atom stereocenters. The number of carbonyl (C=O) groups excluding carboxylic acids is 1. The Balaban J connectivity index is 4.31. The number of rotatable bonds is 4. The molecule has 0 aliphatic carbocycles. The molecule has 0 aliphatic rings. The summed E-state index contributed by atoms with van der Waals surface area (Å²) in [6.07, 6.45) is 0.495. The molecule has 0 radical (unpaired) electrons. The fourth-order valence-electron chi connectivity index (χ4n) is 0.936. The minimum Gasteiger partial charge on any atom is -0.444 e. The molecule has 0 aliphatic heterocycles. The number of ether oxygens (including phenoxy) is 1. The summed E-state index contributed by atoms with van der Waals surface area (Å²) in [5, 5.41) is 2.60. The zero-order valence-corrected chi connectivity index (χ0v) is 12.1. The Morgan fingerprint density at radius 3 is 2.00 bits per heavy atom. The van der Waals surface area contributed by atoms with Gasteiger partial charge in [-0.15, -0.1) is 0 Å². The van der Waals surface area contributed by atoms with Crippen molar-refractivity contribution in [2.45, 2.75) is 45.8 Å². The molecule has 102 valence electrons. The number of amides is 1. The molecule has 0 bridgehead atoms. The van der Waals surface area contributed by atoms with Gasteiger partial charge in [-0.3, -0.25) is 0 Å². The minimum atomic E-state index is -3.27. The maximum absolute atomic E-state index is 11.5. The highest BCUT2D eigenvalue weighted by Gasteiger charge is 2.25. The fourth-order valence-corrected chi connectivity index (χ4v) is 1.56. The van der Waals surface area contributed by atoms with Crippen LogP contribution in [-0.2, 0) is 14.8 Å². The van der Waals surface area contributed by atoms with Crippen molar-refractivity contribution in [3.05, 3.63) is 0 Å². The van der Waals surface area contributed by atoms with Crippen LogP contribution in [0.25, 0.3) is 0 Å². The molecule has 0 aromatic carbocycles. The molecule has 0 unspecified atom stereocenters. The Morgan fingerprint density at radius 2 is 1.65 bits per heavy atom. The zero-order valence-electron chi connectivity index (χ0n) is 11.2. The van der Waals surface area contributed by atoms with Gasteiger partial charge in [0.15, 0.2) is 0 Å². The van der Waals surface area contributed by atoms with Gasteiger partial charge in [-0.25, -0.2) is 17.9 Å². The molecule has 0 saturated heterocycles. The molecule has 2 N–H and O–H groups in total. The number of sulfonamides is 1. The van der Waals surface area contributed by atoms with Gasteiger partial charge in [-0.05, 0) is 34.6 Å². The van der Waals surface area contributed by atoms with Crippen LogP contribution in [0.5, 0.6) is 0 Å². The van der Waals surface area contributed by atoms with E-state index in [4.69, 9.17) is 4.74 Å². The van der Waals surface area contributed by atoms with E-state index in [1.807, 2.05) is 0 Å². The second-order valence-electron chi connectivity index (χ2n) is 5.60. The first-order valence-electron chi connectivity index (χ1n) is 5.27. The normalized spacial score (nSPS) is 13.3. The number of hydrogen-bond acceptors (Lipinski definition) is 4. The summed E-state index contributed by atoms with van der Waals surface area (Å²) in [4.78, 5) is 11.5. The Kier molecular flexibility index (Phi) is 4.97. The van der Waals surface area contributed by atoms with Crippen LogP contribution in [0.1, 0.15) is 34.6 Å². The van der Waals surface area contributed by atoms with Crippen LogP contribution in [0.15, 0.2) is 0 Å². The van der Waals surface area contributed by atoms with E-state index >= 15 is 0 Å². The second-order valence-corrected chi connectivity index (χ2v) is 7.44. The molecule has 17 heavy (non-hydrogen) atoms. The lowest BCUT2D eigenvalue weighted by molar-refractivity contribution is 0.0474. The summed E-state index contributed by atoms with van der Waals surface area (Å²) < 4.78 is 29.3. The maximum atomic E-state index is 11.5. The Morgan fingerprint density at radius 1 is 1.18 bits per heavy atom. The quantitative estimate of drug-likeness (QED) is 0.789. The van der Waals surface area contributed by atoms with Gasteiger partial charge in [-0.2, -0.15) is 0 Å². The minimum absolute atomic E-state index is 0.102. The maximum Gasteiger partial charge on any atom is 0.408 e. The van der Waals surface area contributed by atoms with Gasteiger partial charge in [0.25, 0.3) is 0 Å². The topological polar surface area (TPSA) is 84.5 Å². The van der Waals surface area contributed by atoms with Crippen LogP contribution >= 0.6 is 0 Å². The van der Waals surface area contributed by atoms with Crippen LogP contribution in [-0.4, -0.2) is 38.5 Å². The lowest BCUT2D eigenvalue weighted by atomic mass is 10.1. The number of hydrogen-bond donors (Lipinski definition) is 2. The molecular formula is C10H22N2O4S. The first kappa shape index (κ1) is 16.2. The van der Waals surface area contributed by atoms with Crippen LogP contribution in [0.4, 0.5) is 4.79 Å². The summed E-state index contributed by atoms with van der Waals surface area (Å²) in [7, 11) is -3.27. The van der Waals surface area contributed by atoms with Gasteiger partial charge in [0.1, 0.15) is 5.60 Å². The fraction of sp³-hybridized carbons (Fsp3) is 0.900. The molecular weight excluding hydrogens is 244 g/mol. The van der Waals surface area contributed by atoms with E-state index in [1.165, 1.54) is 0 Å². The average molecular weight is 266 g/mol. The van der Waals surface area contributed by atoms with Crippen molar-refractivity contribution in [3.8, 4) is 0 Å².